The second-order valence-corrected chi connectivity index (χ2v) is 8.04. The van der Waals surface area contributed by atoms with Crippen molar-refractivity contribution in [1.29, 1.82) is 0 Å². The van der Waals surface area contributed by atoms with E-state index in [1.807, 2.05) is 0 Å². The number of carbonyl (C=O) groups is 2. The number of nitrogens with zero attached hydrogens (tertiary/aromatic N) is 2. The Morgan fingerprint density at radius 2 is 1.48 bits per heavy atom. The minimum absolute atomic E-state index is 0.0228. The van der Waals surface area contributed by atoms with Crippen molar-refractivity contribution in [2.75, 3.05) is 24.5 Å². The van der Waals surface area contributed by atoms with Crippen molar-refractivity contribution in [3.05, 3.63) is 65.7 Å². The lowest BCUT2D eigenvalue weighted by atomic mass is 9.72. The number of carbonyl (C=O) groups excluding carboxylic acids is 2. The van der Waals surface area contributed by atoms with Gasteiger partial charge in [-0.2, -0.15) is 0 Å². The Morgan fingerprint density at radius 3 is 2.14 bits per heavy atom. The first-order valence-electron chi connectivity index (χ1n) is 10.1. The number of hydrogen-bond donors (Lipinski definition) is 0. The summed E-state index contributed by atoms with van der Waals surface area (Å²) in [5.41, 5.74) is 0.882. The number of rotatable bonds is 3. The van der Waals surface area contributed by atoms with E-state index in [0.29, 0.717) is 25.3 Å². The number of benzene rings is 2. The van der Waals surface area contributed by atoms with E-state index >= 15 is 0 Å². The molecule has 0 radical (unpaired) electrons. The van der Waals surface area contributed by atoms with E-state index in [0.717, 1.165) is 31.2 Å². The molecule has 0 bridgehead atoms. The van der Waals surface area contributed by atoms with Crippen LogP contribution in [0.5, 0.6) is 0 Å². The van der Waals surface area contributed by atoms with Crippen LogP contribution in [0.2, 0.25) is 0 Å². The fourth-order valence-electron chi connectivity index (χ4n) is 4.55. The Balaban J connectivity index is 1.49. The summed E-state index contributed by atoms with van der Waals surface area (Å²) in [6, 6.07) is 11.9. The van der Waals surface area contributed by atoms with Gasteiger partial charge in [0.15, 0.2) is 0 Å². The Morgan fingerprint density at radius 1 is 0.897 bits per heavy atom. The molecule has 2 saturated heterocycles. The zero-order chi connectivity index (χ0) is 20.4. The monoisotopic (exact) mass is 398 g/mol. The summed E-state index contributed by atoms with van der Waals surface area (Å²) in [7, 11) is 0. The van der Waals surface area contributed by atoms with Crippen LogP contribution in [0.1, 0.15) is 31.2 Å². The molecule has 2 aromatic rings. The third-order valence-electron chi connectivity index (χ3n) is 6.07. The van der Waals surface area contributed by atoms with Crippen LogP contribution < -0.4 is 4.90 Å². The average molecular weight is 398 g/mol. The summed E-state index contributed by atoms with van der Waals surface area (Å²) in [4.78, 5) is 29.8. The van der Waals surface area contributed by atoms with Crippen molar-refractivity contribution in [3.63, 3.8) is 0 Å². The molecule has 2 aromatic carbocycles. The highest BCUT2D eigenvalue weighted by Gasteiger charge is 2.47. The zero-order valence-electron chi connectivity index (χ0n) is 16.2. The standard InChI is InChI=1S/C23H24F2N2O2/c24-18-5-3-17(4-6-18)15-21(28)26-13-1-11-23(16-26)12-2-14-27(22(23)29)20-9-7-19(25)8-10-20/h3-10H,1-2,11-16H2. The molecule has 1 spiro atoms. The van der Waals surface area contributed by atoms with Crippen LogP contribution >= 0.6 is 0 Å². The van der Waals surface area contributed by atoms with Gasteiger partial charge in [0.1, 0.15) is 11.6 Å². The highest BCUT2D eigenvalue weighted by atomic mass is 19.1. The fourth-order valence-corrected chi connectivity index (χ4v) is 4.55. The highest BCUT2D eigenvalue weighted by molar-refractivity contribution is 5.99. The summed E-state index contributed by atoms with van der Waals surface area (Å²) in [6.45, 7) is 1.64. The van der Waals surface area contributed by atoms with Crippen LogP contribution in [0.3, 0.4) is 0 Å². The van der Waals surface area contributed by atoms with Gasteiger partial charge in [0, 0.05) is 25.3 Å². The molecule has 4 rings (SSSR count). The number of piperidine rings is 2. The molecular formula is C23H24F2N2O2. The number of anilines is 1. The third-order valence-corrected chi connectivity index (χ3v) is 6.07. The first-order valence-corrected chi connectivity index (χ1v) is 10.1. The smallest absolute Gasteiger partial charge is 0.234 e. The molecule has 0 N–H and O–H groups in total. The lowest BCUT2D eigenvalue weighted by Gasteiger charge is -2.47. The van der Waals surface area contributed by atoms with Crippen molar-refractivity contribution in [2.24, 2.45) is 5.41 Å². The van der Waals surface area contributed by atoms with Gasteiger partial charge >= 0.3 is 0 Å². The minimum Gasteiger partial charge on any atom is -0.341 e. The van der Waals surface area contributed by atoms with E-state index < -0.39 is 5.41 Å². The maximum Gasteiger partial charge on any atom is 0.234 e. The molecule has 29 heavy (non-hydrogen) atoms. The van der Waals surface area contributed by atoms with E-state index in [2.05, 4.69) is 0 Å². The van der Waals surface area contributed by atoms with Gasteiger partial charge < -0.3 is 9.80 Å². The molecule has 2 amide bonds. The molecule has 152 valence electrons. The van der Waals surface area contributed by atoms with Crippen molar-refractivity contribution in [2.45, 2.75) is 32.1 Å². The van der Waals surface area contributed by atoms with Gasteiger partial charge in [-0.05, 0) is 67.6 Å². The van der Waals surface area contributed by atoms with Crippen LogP contribution in [0.25, 0.3) is 0 Å². The van der Waals surface area contributed by atoms with Gasteiger partial charge in [-0.15, -0.1) is 0 Å². The van der Waals surface area contributed by atoms with E-state index in [4.69, 9.17) is 0 Å². The zero-order valence-corrected chi connectivity index (χ0v) is 16.2. The maximum absolute atomic E-state index is 13.4. The van der Waals surface area contributed by atoms with Gasteiger partial charge in [-0.25, -0.2) is 8.78 Å². The Hall–Kier alpha value is -2.76. The van der Waals surface area contributed by atoms with Gasteiger partial charge in [0.2, 0.25) is 11.8 Å². The average Bonchev–Trinajstić information content (AvgIpc) is 2.73. The molecular weight excluding hydrogens is 374 g/mol. The van der Waals surface area contributed by atoms with Crippen LogP contribution in [0.15, 0.2) is 48.5 Å². The van der Waals surface area contributed by atoms with Gasteiger partial charge in [-0.1, -0.05) is 12.1 Å². The van der Waals surface area contributed by atoms with Crippen molar-refractivity contribution < 1.29 is 18.4 Å². The largest absolute Gasteiger partial charge is 0.341 e. The van der Waals surface area contributed by atoms with Crippen molar-refractivity contribution >= 4 is 17.5 Å². The normalized spacial score (nSPS) is 22.2. The fraction of sp³-hybridized carbons (Fsp3) is 0.391. The Bertz CT molecular complexity index is 894. The predicted octanol–water partition coefficient (Wildman–Crippen LogP) is 3.94. The maximum atomic E-state index is 13.4. The molecule has 2 fully saturated rings. The second kappa shape index (κ2) is 7.93. The number of likely N-dealkylation sites (tertiary alicyclic amines) is 1. The van der Waals surface area contributed by atoms with E-state index in [1.54, 1.807) is 34.1 Å². The lowest BCUT2D eigenvalue weighted by molar-refractivity contribution is -0.141. The summed E-state index contributed by atoms with van der Waals surface area (Å²) in [5, 5.41) is 0. The quantitative estimate of drug-likeness (QED) is 0.786. The van der Waals surface area contributed by atoms with E-state index in [-0.39, 0.29) is 29.9 Å². The minimum atomic E-state index is -0.580. The van der Waals surface area contributed by atoms with E-state index in [1.165, 1.54) is 24.3 Å². The third kappa shape index (κ3) is 4.02. The summed E-state index contributed by atoms with van der Waals surface area (Å²) in [6.07, 6.45) is 3.33. The van der Waals surface area contributed by atoms with E-state index in [9.17, 15) is 18.4 Å². The first-order chi connectivity index (χ1) is 14.0. The first kappa shape index (κ1) is 19.6. The molecule has 6 heteroatoms. The molecule has 1 unspecified atom stereocenters. The SMILES string of the molecule is O=C(Cc1ccc(F)cc1)N1CCCC2(CCCN(c3ccc(F)cc3)C2=O)C1. The molecule has 0 aromatic heterocycles. The van der Waals surface area contributed by atoms with Gasteiger partial charge in [-0.3, -0.25) is 9.59 Å². The van der Waals surface area contributed by atoms with Crippen molar-refractivity contribution in [1.82, 2.24) is 4.90 Å². The molecule has 4 nitrogen and oxygen atoms in total. The summed E-state index contributed by atoms with van der Waals surface area (Å²) >= 11 is 0. The Labute approximate surface area is 169 Å². The van der Waals surface area contributed by atoms with Crippen molar-refractivity contribution in [3.8, 4) is 0 Å². The molecule has 2 aliphatic heterocycles. The van der Waals surface area contributed by atoms with Crippen LogP contribution in [0.4, 0.5) is 14.5 Å². The molecule has 2 aliphatic rings. The summed E-state index contributed by atoms with van der Waals surface area (Å²) in [5.74, 6) is -0.674. The van der Waals surface area contributed by atoms with Gasteiger partial charge in [0.25, 0.3) is 0 Å². The number of halogens is 2. The summed E-state index contributed by atoms with van der Waals surface area (Å²) < 4.78 is 26.4. The predicted molar refractivity (Wildman–Crippen MR) is 106 cm³/mol. The second-order valence-electron chi connectivity index (χ2n) is 8.04. The topological polar surface area (TPSA) is 40.6 Å². The number of amides is 2. The molecule has 0 aliphatic carbocycles. The highest BCUT2D eigenvalue weighted by Crippen LogP contribution is 2.41. The molecule has 1 atom stereocenters. The van der Waals surface area contributed by atoms with Crippen LogP contribution in [0, 0.1) is 17.0 Å². The number of hydrogen-bond acceptors (Lipinski definition) is 2. The Kier molecular flexibility index (Phi) is 5.35. The molecule has 0 saturated carbocycles. The lowest BCUT2D eigenvalue weighted by Crippen LogP contribution is -2.57. The molecule has 2 heterocycles. The van der Waals surface area contributed by atoms with Crippen LogP contribution in [-0.2, 0) is 16.0 Å². The van der Waals surface area contributed by atoms with Crippen LogP contribution in [-0.4, -0.2) is 36.3 Å². The van der Waals surface area contributed by atoms with Gasteiger partial charge in [0.05, 0.1) is 11.8 Å².